The monoisotopic (exact) mass is 261 g/mol. The molecule has 0 saturated carbocycles. The fourth-order valence-corrected chi connectivity index (χ4v) is 1.74. The van der Waals surface area contributed by atoms with Crippen molar-refractivity contribution in [1.29, 1.82) is 0 Å². The molecule has 1 aromatic carbocycles. The van der Waals surface area contributed by atoms with Gasteiger partial charge in [0.2, 0.25) is 0 Å². The number of carboxylic acid groups (broad SMARTS) is 1. The minimum atomic E-state index is -0.977. The summed E-state index contributed by atoms with van der Waals surface area (Å²) in [5.41, 5.74) is 1.69. The molecule has 0 unspecified atom stereocenters. The van der Waals surface area contributed by atoms with E-state index in [1.807, 2.05) is 13.1 Å². The van der Waals surface area contributed by atoms with Gasteiger partial charge in [-0.05, 0) is 18.2 Å². The van der Waals surface area contributed by atoms with Crippen molar-refractivity contribution in [3.63, 3.8) is 0 Å². The summed E-state index contributed by atoms with van der Waals surface area (Å²) in [5.74, 6) is -0.368. The van der Waals surface area contributed by atoms with Crippen LogP contribution in [0.5, 0.6) is 5.75 Å². The van der Waals surface area contributed by atoms with Gasteiger partial charge in [-0.2, -0.15) is 5.10 Å². The van der Waals surface area contributed by atoms with Gasteiger partial charge >= 0.3 is 5.97 Å². The normalized spacial score (nSPS) is 10.2. The van der Waals surface area contributed by atoms with Gasteiger partial charge in [-0.1, -0.05) is 0 Å². The predicted molar refractivity (Wildman–Crippen MR) is 70.5 cm³/mol. The second-order valence-electron chi connectivity index (χ2n) is 4.02. The number of aryl methyl sites for hydroxylation is 1. The maximum absolute atomic E-state index is 11.2. The molecule has 0 fully saturated rings. The van der Waals surface area contributed by atoms with Crippen LogP contribution in [0.1, 0.15) is 16.1 Å². The second kappa shape index (κ2) is 5.43. The number of benzene rings is 1. The van der Waals surface area contributed by atoms with Gasteiger partial charge in [-0.25, -0.2) is 4.79 Å². The number of carbonyl (C=O) groups is 1. The summed E-state index contributed by atoms with van der Waals surface area (Å²) in [6.07, 6.45) is 1.70. The van der Waals surface area contributed by atoms with Gasteiger partial charge in [-0.3, -0.25) is 4.68 Å². The lowest BCUT2D eigenvalue weighted by molar-refractivity contribution is 0.0698. The van der Waals surface area contributed by atoms with Crippen LogP contribution in [-0.2, 0) is 13.6 Å². The van der Waals surface area contributed by atoms with Gasteiger partial charge in [0.05, 0.1) is 30.6 Å². The molecule has 0 atom stereocenters. The van der Waals surface area contributed by atoms with Gasteiger partial charge in [-0.15, -0.1) is 0 Å². The van der Waals surface area contributed by atoms with E-state index in [-0.39, 0.29) is 5.56 Å². The van der Waals surface area contributed by atoms with Crippen LogP contribution in [0.2, 0.25) is 0 Å². The van der Waals surface area contributed by atoms with Crippen LogP contribution < -0.4 is 10.1 Å². The minimum absolute atomic E-state index is 0.211. The number of aromatic carboxylic acids is 1. The highest BCUT2D eigenvalue weighted by Crippen LogP contribution is 2.23. The minimum Gasteiger partial charge on any atom is -0.497 e. The molecule has 6 heteroatoms. The summed E-state index contributed by atoms with van der Waals surface area (Å²) in [6.45, 7) is 0.490. The lowest BCUT2D eigenvalue weighted by Gasteiger charge is -2.11. The fraction of sp³-hybridized carbons (Fsp3) is 0.231. The molecule has 2 aromatic rings. The Hall–Kier alpha value is -2.50. The van der Waals surface area contributed by atoms with E-state index in [2.05, 4.69) is 10.4 Å². The molecule has 0 aliphatic carbocycles. The second-order valence-corrected chi connectivity index (χ2v) is 4.02. The summed E-state index contributed by atoms with van der Waals surface area (Å²) in [7, 11) is 3.38. The number of hydrogen-bond acceptors (Lipinski definition) is 4. The van der Waals surface area contributed by atoms with Crippen molar-refractivity contribution in [3.8, 4) is 5.75 Å². The molecule has 6 nitrogen and oxygen atoms in total. The zero-order valence-corrected chi connectivity index (χ0v) is 10.8. The summed E-state index contributed by atoms with van der Waals surface area (Å²) in [4.78, 5) is 11.2. The van der Waals surface area contributed by atoms with Crippen molar-refractivity contribution >= 4 is 11.7 Å². The van der Waals surface area contributed by atoms with Crippen molar-refractivity contribution < 1.29 is 14.6 Å². The van der Waals surface area contributed by atoms with E-state index in [4.69, 9.17) is 9.84 Å². The molecule has 0 bridgehead atoms. The molecule has 19 heavy (non-hydrogen) atoms. The topological polar surface area (TPSA) is 76.4 Å². The molecule has 0 saturated heterocycles. The summed E-state index contributed by atoms with van der Waals surface area (Å²) in [5, 5.41) is 16.3. The smallest absolute Gasteiger partial charge is 0.337 e. The number of nitrogens with one attached hydrogen (secondary N) is 1. The Morgan fingerprint density at radius 3 is 2.84 bits per heavy atom. The molecule has 2 N–H and O–H groups in total. The molecule has 1 heterocycles. The standard InChI is InChI=1S/C13H15N3O3/c1-16-9(5-6-15-16)8-14-12-7-10(19-2)3-4-11(12)13(17)18/h3-7,14H,8H2,1-2H3,(H,17,18). The Bertz CT molecular complexity index is 593. The molecule has 0 amide bonds. The van der Waals surface area contributed by atoms with Crippen molar-refractivity contribution in [2.45, 2.75) is 6.54 Å². The summed E-state index contributed by atoms with van der Waals surface area (Å²) < 4.78 is 6.83. The molecule has 0 aliphatic rings. The lowest BCUT2D eigenvalue weighted by atomic mass is 10.1. The quantitative estimate of drug-likeness (QED) is 0.857. The molecule has 0 spiro atoms. The third-order valence-electron chi connectivity index (χ3n) is 2.84. The number of ether oxygens (including phenoxy) is 1. The SMILES string of the molecule is COc1ccc(C(=O)O)c(NCc2ccnn2C)c1. The first-order valence-electron chi connectivity index (χ1n) is 5.74. The molecular formula is C13H15N3O3. The molecule has 100 valence electrons. The number of nitrogens with zero attached hydrogens (tertiary/aromatic N) is 2. The molecule has 0 aliphatic heterocycles. The average Bonchev–Trinajstić information content (AvgIpc) is 2.81. The van der Waals surface area contributed by atoms with Gasteiger partial charge in [0.15, 0.2) is 0 Å². The third-order valence-corrected chi connectivity index (χ3v) is 2.84. The van der Waals surface area contributed by atoms with Crippen LogP contribution in [0.25, 0.3) is 0 Å². The highest BCUT2D eigenvalue weighted by Gasteiger charge is 2.11. The van der Waals surface area contributed by atoms with Crippen molar-refractivity contribution in [3.05, 3.63) is 41.7 Å². The Balaban J connectivity index is 2.22. The van der Waals surface area contributed by atoms with Crippen LogP contribution in [0.15, 0.2) is 30.5 Å². The first-order chi connectivity index (χ1) is 9.11. The van der Waals surface area contributed by atoms with Gasteiger partial charge in [0.25, 0.3) is 0 Å². The zero-order valence-electron chi connectivity index (χ0n) is 10.8. The van der Waals surface area contributed by atoms with Crippen LogP contribution in [0, 0.1) is 0 Å². The molecule has 0 radical (unpaired) electrons. The number of methoxy groups -OCH3 is 1. The highest BCUT2D eigenvalue weighted by atomic mass is 16.5. The average molecular weight is 261 g/mol. The van der Waals surface area contributed by atoms with Crippen molar-refractivity contribution in [2.24, 2.45) is 7.05 Å². The highest BCUT2D eigenvalue weighted by molar-refractivity contribution is 5.94. The van der Waals surface area contributed by atoms with E-state index in [9.17, 15) is 4.79 Å². The van der Waals surface area contributed by atoms with E-state index < -0.39 is 5.97 Å². The number of rotatable bonds is 5. The maximum atomic E-state index is 11.2. The Labute approximate surface area is 110 Å². The number of hydrogen-bond donors (Lipinski definition) is 2. The van der Waals surface area contributed by atoms with E-state index >= 15 is 0 Å². The van der Waals surface area contributed by atoms with E-state index in [1.54, 1.807) is 30.1 Å². The lowest BCUT2D eigenvalue weighted by Crippen LogP contribution is -2.09. The van der Waals surface area contributed by atoms with Gasteiger partial charge < -0.3 is 15.2 Å². The Morgan fingerprint density at radius 2 is 2.26 bits per heavy atom. The van der Waals surface area contributed by atoms with Crippen LogP contribution >= 0.6 is 0 Å². The van der Waals surface area contributed by atoms with Crippen molar-refractivity contribution in [1.82, 2.24) is 9.78 Å². The predicted octanol–water partition coefficient (Wildman–Crippen LogP) is 1.74. The fourth-order valence-electron chi connectivity index (χ4n) is 1.74. The Morgan fingerprint density at radius 1 is 1.47 bits per heavy atom. The maximum Gasteiger partial charge on any atom is 0.337 e. The van der Waals surface area contributed by atoms with E-state index in [0.717, 1.165) is 5.69 Å². The Kier molecular flexibility index (Phi) is 3.70. The largest absolute Gasteiger partial charge is 0.497 e. The summed E-state index contributed by atoms with van der Waals surface area (Å²) in [6, 6.07) is 6.68. The molecule has 2 rings (SSSR count). The number of aromatic nitrogens is 2. The van der Waals surface area contributed by atoms with Crippen LogP contribution in [-0.4, -0.2) is 28.0 Å². The molecular weight excluding hydrogens is 246 g/mol. The van der Waals surface area contributed by atoms with Crippen LogP contribution in [0.3, 0.4) is 0 Å². The van der Waals surface area contributed by atoms with E-state index in [1.165, 1.54) is 6.07 Å². The first kappa shape index (κ1) is 12.9. The first-order valence-corrected chi connectivity index (χ1v) is 5.74. The molecule has 1 aromatic heterocycles. The van der Waals surface area contributed by atoms with Crippen molar-refractivity contribution in [2.75, 3.05) is 12.4 Å². The summed E-state index contributed by atoms with van der Waals surface area (Å²) >= 11 is 0. The zero-order chi connectivity index (χ0) is 13.8. The number of anilines is 1. The van der Waals surface area contributed by atoms with E-state index in [0.29, 0.717) is 18.0 Å². The third kappa shape index (κ3) is 2.85. The van der Waals surface area contributed by atoms with Crippen LogP contribution in [0.4, 0.5) is 5.69 Å². The van der Waals surface area contributed by atoms with Gasteiger partial charge in [0.1, 0.15) is 5.75 Å². The number of carboxylic acids is 1. The van der Waals surface area contributed by atoms with Gasteiger partial charge in [0, 0.05) is 19.3 Å².